The van der Waals surface area contributed by atoms with E-state index in [4.69, 9.17) is 14.7 Å². The van der Waals surface area contributed by atoms with Crippen molar-refractivity contribution in [1.29, 1.82) is 0 Å². The van der Waals surface area contributed by atoms with E-state index in [1.807, 2.05) is 32.0 Å². The molecular weight excluding hydrogens is 450 g/mol. The first-order valence-electron chi connectivity index (χ1n) is 12.2. The van der Waals surface area contributed by atoms with Crippen LogP contribution in [0.2, 0.25) is 0 Å². The van der Waals surface area contributed by atoms with E-state index in [-0.39, 0.29) is 0 Å². The quantitative estimate of drug-likeness (QED) is 0.390. The lowest BCUT2D eigenvalue weighted by Crippen LogP contribution is -2.07. The number of nitrogens with one attached hydrogen (secondary N) is 1. The molecule has 36 heavy (non-hydrogen) atoms. The molecule has 3 aromatic heterocycles. The second kappa shape index (κ2) is 8.71. The van der Waals surface area contributed by atoms with Crippen molar-refractivity contribution in [3.8, 4) is 5.75 Å². The van der Waals surface area contributed by atoms with Gasteiger partial charge in [0.25, 0.3) is 0 Å². The summed E-state index contributed by atoms with van der Waals surface area (Å²) in [7, 11) is 0. The first-order chi connectivity index (χ1) is 17.5. The zero-order chi connectivity index (χ0) is 24.8. The van der Waals surface area contributed by atoms with Gasteiger partial charge < -0.3 is 9.30 Å². The third kappa shape index (κ3) is 3.66. The molecule has 1 aliphatic rings. The van der Waals surface area contributed by atoms with Crippen LogP contribution in [0.3, 0.4) is 0 Å². The molecule has 0 spiro atoms. The lowest BCUT2D eigenvalue weighted by Gasteiger charge is -2.15. The highest BCUT2D eigenvalue weighted by Crippen LogP contribution is 2.40. The number of hydrogen-bond acceptors (Lipinski definition) is 6. The maximum atomic E-state index is 6.28. The van der Waals surface area contributed by atoms with Gasteiger partial charge in [0.15, 0.2) is 11.5 Å². The summed E-state index contributed by atoms with van der Waals surface area (Å²) in [6.45, 7) is 9.49. The summed E-state index contributed by atoms with van der Waals surface area (Å²) in [5.74, 6) is 2.53. The minimum atomic E-state index is 0.480. The number of aromatic amines is 1. The van der Waals surface area contributed by atoms with E-state index in [0.29, 0.717) is 19.0 Å². The van der Waals surface area contributed by atoms with Crippen molar-refractivity contribution < 1.29 is 4.74 Å². The van der Waals surface area contributed by atoms with Crippen LogP contribution in [0, 0.1) is 13.8 Å². The SMILES string of the molecule is CCc1nc2c(C)cc(C)nc2n1Cc1ccc2c(c1)COc1ccccc1C2=C(C)c1nnn[nH]1. The summed E-state index contributed by atoms with van der Waals surface area (Å²) in [6, 6.07) is 16.8. The summed E-state index contributed by atoms with van der Waals surface area (Å²) in [4.78, 5) is 9.75. The molecule has 1 aliphatic heterocycles. The van der Waals surface area contributed by atoms with Gasteiger partial charge in [-0.1, -0.05) is 37.3 Å². The van der Waals surface area contributed by atoms with Gasteiger partial charge in [-0.05, 0) is 77.2 Å². The van der Waals surface area contributed by atoms with Crippen LogP contribution in [0.15, 0.2) is 48.5 Å². The Morgan fingerprint density at radius 2 is 1.92 bits per heavy atom. The standard InChI is InChI=1S/C28H27N7O/c1-5-24-30-26-16(2)12-17(3)29-28(26)35(24)14-19-10-11-21-20(13-19)15-36-23-9-7-6-8-22(23)25(21)18(4)27-31-33-34-32-27/h6-13H,5,14-15H2,1-4H3,(H,31,32,33,34). The highest BCUT2D eigenvalue weighted by molar-refractivity contribution is 5.99. The van der Waals surface area contributed by atoms with Gasteiger partial charge in [0, 0.05) is 23.3 Å². The average Bonchev–Trinajstić information content (AvgIpc) is 3.50. The number of aryl methyl sites for hydroxylation is 3. The third-order valence-electron chi connectivity index (χ3n) is 6.81. The highest BCUT2D eigenvalue weighted by atomic mass is 16.5. The first-order valence-corrected chi connectivity index (χ1v) is 12.2. The normalized spacial score (nSPS) is 14.2. The number of pyridine rings is 1. The molecule has 0 radical (unpaired) electrons. The van der Waals surface area contributed by atoms with E-state index >= 15 is 0 Å². The molecule has 6 rings (SSSR count). The van der Waals surface area contributed by atoms with Crippen molar-refractivity contribution in [3.63, 3.8) is 0 Å². The predicted molar refractivity (Wildman–Crippen MR) is 138 cm³/mol. The molecule has 0 saturated heterocycles. The molecule has 4 heterocycles. The lowest BCUT2D eigenvalue weighted by molar-refractivity contribution is 0.307. The number of rotatable bonds is 4. The monoisotopic (exact) mass is 477 g/mol. The molecule has 2 aromatic carbocycles. The topological polar surface area (TPSA) is 94.4 Å². The fourth-order valence-electron chi connectivity index (χ4n) is 5.12. The van der Waals surface area contributed by atoms with Gasteiger partial charge in [-0.15, -0.1) is 5.10 Å². The van der Waals surface area contributed by atoms with Crippen LogP contribution in [0.4, 0.5) is 0 Å². The molecule has 1 N–H and O–H groups in total. The molecule has 0 unspecified atom stereocenters. The summed E-state index contributed by atoms with van der Waals surface area (Å²) >= 11 is 0. The Bertz CT molecular complexity index is 1630. The van der Waals surface area contributed by atoms with Crippen molar-refractivity contribution in [1.82, 2.24) is 35.2 Å². The van der Waals surface area contributed by atoms with Crippen LogP contribution >= 0.6 is 0 Å². The Hall–Kier alpha value is -4.33. The van der Waals surface area contributed by atoms with Crippen LogP contribution in [-0.2, 0) is 19.6 Å². The summed E-state index contributed by atoms with van der Waals surface area (Å²) < 4.78 is 8.52. The predicted octanol–water partition coefficient (Wildman–Crippen LogP) is 5.04. The molecule has 0 bridgehead atoms. The van der Waals surface area contributed by atoms with Crippen LogP contribution in [0.1, 0.15) is 59.0 Å². The maximum Gasteiger partial charge on any atom is 0.175 e. The van der Waals surface area contributed by atoms with E-state index in [0.717, 1.165) is 68.3 Å². The van der Waals surface area contributed by atoms with Crippen molar-refractivity contribution in [3.05, 3.63) is 93.7 Å². The van der Waals surface area contributed by atoms with Gasteiger partial charge in [-0.25, -0.2) is 15.1 Å². The van der Waals surface area contributed by atoms with Gasteiger partial charge in [-0.2, -0.15) is 0 Å². The number of H-pyrrole nitrogens is 1. The number of imidazole rings is 1. The fourth-order valence-corrected chi connectivity index (χ4v) is 5.12. The number of para-hydroxylation sites is 1. The molecule has 8 heteroatoms. The summed E-state index contributed by atoms with van der Waals surface area (Å²) in [5.41, 5.74) is 10.6. The Morgan fingerprint density at radius 1 is 1.06 bits per heavy atom. The zero-order valence-corrected chi connectivity index (χ0v) is 20.8. The van der Waals surface area contributed by atoms with Crippen LogP contribution in [0.25, 0.3) is 22.3 Å². The lowest BCUT2D eigenvalue weighted by atomic mass is 9.89. The molecule has 5 aromatic rings. The Balaban J connectivity index is 1.48. The van der Waals surface area contributed by atoms with Crippen molar-refractivity contribution in [2.24, 2.45) is 0 Å². The van der Waals surface area contributed by atoms with Gasteiger partial charge >= 0.3 is 0 Å². The Morgan fingerprint density at radius 3 is 2.72 bits per heavy atom. The number of ether oxygens (including phenoxy) is 1. The van der Waals surface area contributed by atoms with E-state index in [2.05, 4.69) is 69.4 Å². The summed E-state index contributed by atoms with van der Waals surface area (Å²) in [6.07, 6.45) is 0.843. The summed E-state index contributed by atoms with van der Waals surface area (Å²) in [5, 5.41) is 14.6. The van der Waals surface area contributed by atoms with E-state index < -0.39 is 0 Å². The van der Waals surface area contributed by atoms with Crippen molar-refractivity contribution in [2.45, 2.75) is 47.3 Å². The van der Waals surface area contributed by atoms with Crippen LogP contribution in [-0.4, -0.2) is 35.2 Å². The van der Waals surface area contributed by atoms with Gasteiger partial charge in [0.2, 0.25) is 0 Å². The minimum absolute atomic E-state index is 0.480. The Kier molecular flexibility index (Phi) is 5.36. The Labute approximate surface area is 209 Å². The van der Waals surface area contributed by atoms with E-state index in [9.17, 15) is 0 Å². The van der Waals surface area contributed by atoms with Gasteiger partial charge in [-0.3, -0.25) is 0 Å². The smallest absolute Gasteiger partial charge is 0.175 e. The molecule has 180 valence electrons. The first kappa shape index (κ1) is 22.2. The van der Waals surface area contributed by atoms with E-state index in [1.165, 1.54) is 5.56 Å². The highest BCUT2D eigenvalue weighted by Gasteiger charge is 2.23. The average molecular weight is 478 g/mol. The van der Waals surface area contributed by atoms with E-state index in [1.54, 1.807) is 0 Å². The van der Waals surface area contributed by atoms with Gasteiger partial charge in [0.05, 0.1) is 6.54 Å². The molecule has 0 aliphatic carbocycles. The number of nitrogens with zero attached hydrogens (tertiary/aromatic N) is 6. The zero-order valence-electron chi connectivity index (χ0n) is 20.8. The largest absolute Gasteiger partial charge is 0.488 e. The van der Waals surface area contributed by atoms with Gasteiger partial charge in [0.1, 0.15) is 23.7 Å². The van der Waals surface area contributed by atoms with Crippen molar-refractivity contribution >= 4 is 22.3 Å². The van der Waals surface area contributed by atoms with Crippen molar-refractivity contribution in [2.75, 3.05) is 0 Å². The molecule has 0 fully saturated rings. The fraction of sp³-hybridized carbons (Fsp3) is 0.250. The number of tetrazole rings is 1. The third-order valence-corrected chi connectivity index (χ3v) is 6.81. The minimum Gasteiger partial charge on any atom is -0.488 e. The number of aromatic nitrogens is 7. The molecule has 8 nitrogen and oxygen atoms in total. The number of benzene rings is 2. The second-order valence-corrected chi connectivity index (χ2v) is 9.25. The molecule has 0 atom stereocenters. The maximum absolute atomic E-state index is 6.28. The molecule has 0 saturated carbocycles. The van der Waals surface area contributed by atoms with Crippen LogP contribution < -0.4 is 4.74 Å². The number of fused-ring (bicyclic) bond motifs is 3. The number of hydrogen-bond donors (Lipinski definition) is 1. The van der Waals surface area contributed by atoms with Crippen LogP contribution in [0.5, 0.6) is 5.75 Å². The number of allylic oxidation sites excluding steroid dienone is 1. The molecular formula is C28H27N7O. The second-order valence-electron chi connectivity index (χ2n) is 9.25. The molecule has 0 amide bonds.